The van der Waals surface area contributed by atoms with Crippen LogP contribution < -0.4 is 9.64 Å². The molecule has 2 aromatic carbocycles. The number of fused-ring (bicyclic) bond motifs is 2. The third kappa shape index (κ3) is 4.13. The van der Waals surface area contributed by atoms with Gasteiger partial charge in [0.05, 0.1) is 49.0 Å². The smallest absolute Gasteiger partial charge is 0.331 e. The number of nitrogens with zero attached hydrogens (tertiary/aromatic N) is 5. The van der Waals surface area contributed by atoms with Gasteiger partial charge in [-0.05, 0) is 36.6 Å². The topological polar surface area (TPSA) is 110 Å². The number of benzene rings is 2. The van der Waals surface area contributed by atoms with Crippen LogP contribution in [0.2, 0.25) is 0 Å². The van der Waals surface area contributed by atoms with E-state index in [0.717, 1.165) is 10.3 Å². The Morgan fingerprint density at radius 2 is 1.92 bits per heavy atom. The van der Waals surface area contributed by atoms with Crippen LogP contribution in [0.1, 0.15) is 36.3 Å². The number of hydrogen-bond acceptors (Lipinski definition) is 6. The number of ether oxygens (including phenoxy) is 1. The van der Waals surface area contributed by atoms with Gasteiger partial charge in [-0.25, -0.2) is 14.1 Å². The number of amides is 3. The molecule has 8 nitrogen and oxygen atoms in total. The van der Waals surface area contributed by atoms with E-state index in [-0.39, 0.29) is 25.8 Å². The van der Waals surface area contributed by atoms with Crippen molar-refractivity contribution in [2.75, 3.05) is 18.6 Å². The number of imide groups is 1. The molecule has 1 saturated heterocycles. The molecule has 2 heterocycles. The molecule has 1 aliphatic heterocycles. The lowest BCUT2D eigenvalue weighted by atomic mass is 9.71. The van der Waals surface area contributed by atoms with Crippen molar-refractivity contribution in [2.45, 2.75) is 37.4 Å². The number of alkyl halides is 1. The van der Waals surface area contributed by atoms with Crippen molar-refractivity contribution in [3.8, 4) is 17.9 Å². The first kappa shape index (κ1) is 24.2. The quantitative estimate of drug-likeness (QED) is 0.505. The molecule has 4 unspecified atom stereocenters. The van der Waals surface area contributed by atoms with Gasteiger partial charge in [0.1, 0.15) is 11.9 Å². The van der Waals surface area contributed by atoms with Crippen LogP contribution in [0, 0.1) is 28.6 Å². The zero-order valence-corrected chi connectivity index (χ0v) is 20.2. The third-order valence-corrected chi connectivity index (χ3v) is 7.38. The average molecular weight is 498 g/mol. The second kappa shape index (κ2) is 9.87. The van der Waals surface area contributed by atoms with Gasteiger partial charge in [-0.1, -0.05) is 24.3 Å². The van der Waals surface area contributed by atoms with Crippen molar-refractivity contribution in [3.05, 3.63) is 66.0 Å². The van der Waals surface area contributed by atoms with Crippen molar-refractivity contribution in [1.29, 1.82) is 10.5 Å². The zero-order chi connectivity index (χ0) is 26.1. The fourth-order valence-electron chi connectivity index (χ4n) is 5.61. The number of hydrogen-bond donors (Lipinski definition) is 0. The predicted molar refractivity (Wildman–Crippen MR) is 133 cm³/mol. The van der Waals surface area contributed by atoms with Gasteiger partial charge in [0.15, 0.2) is 0 Å². The molecule has 0 radical (unpaired) electrons. The van der Waals surface area contributed by atoms with Gasteiger partial charge < -0.3 is 9.64 Å². The van der Waals surface area contributed by atoms with Crippen LogP contribution in [0.4, 0.5) is 14.9 Å². The highest BCUT2D eigenvalue weighted by atomic mass is 19.1. The summed E-state index contributed by atoms with van der Waals surface area (Å²) in [5, 5.41) is 20.4. The number of aromatic nitrogens is 1. The van der Waals surface area contributed by atoms with Crippen LogP contribution in [0.3, 0.4) is 0 Å². The van der Waals surface area contributed by atoms with Crippen LogP contribution in [0.5, 0.6) is 5.75 Å². The number of methoxy groups -OCH3 is 1. The Hall–Kier alpha value is -4.50. The Morgan fingerprint density at radius 3 is 2.68 bits per heavy atom. The molecule has 5 rings (SSSR count). The summed E-state index contributed by atoms with van der Waals surface area (Å²) in [6, 6.07) is 15.2. The second-order valence-corrected chi connectivity index (χ2v) is 9.27. The molecular weight excluding hydrogens is 473 g/mol. The van der Waals surface area contributed by atoms with E-state index in [1.807, 2.05) is 18.2 Å². The summed E-state index contributed by atoms with van der Waals surface area (Å²) >= 11 is 0. The maximum atomic E-state index is 15.8. The molecule has 0 N–H and O–H groups in total. The number of carbonyl (C=O) groups excluding carboxylic acids is 2. The molecule has 1 aliphatic carbocycles. The van der Waals surface area contributed by atoms with Crippen LogP contribution in [0.15, 0.2) is 54.9 Å². The Labute approximate surface area is 213 Å². The first-order chi connectivity index (χ1) is 18.0. The summed E-state index contributed by atoms with van der Waals surface area (Å²) in [5.41, 5.74) is 1.16. The van der Waals surface area contributed by atoms with Crippen LogP contribution in [-0.4, -0.2) is 47.7 Å². The van der Waals surface area contributed by atoms with E-state index in [2.05, 4.69) is 17.1 Å². The van der Waals surface area contributed by atoms with E-state index in [1.54, 1.807) is 30.5 Å². The molecule has 4 atom stereocenters. The number of anilines is 1. The Balaban J connectivity index is 1.56. The van der Waals surface area contributed by atoms with Gasteiger partial charge in [-0.3, -0.25) is 9.78 Å². The van der Waals surface area contributed by atoms with E-state index < -0.39 is 36.0 Å². The fourth-order valence-corrected chi connectivity index (χ4v) is 5.61. The van der Waals surface area contributed by atoms with Crippen molar-refractivity contribution in [3.63, 3.8) is 0 Å². The second-order valence-electron chi connectivity index (χ2n) is 9.27. The van der Waals surface area contributed by atoms with E-state index in [9.17, 15) is 20.1 Å². The summed E-state index contributed by atoms with van der Waals surface area (Å²) in [7, 11) is 1.49. The summed E-state index contributed by atoms with van der Waals surface area (Å²) < 4.78 is 21.1. The van der Waals surface area contributed by atoms with Crippen molar-refractivity contribution in [1.82, 2.24) is 9.88 Å². The van der Waals surface area contributed by atoms with E-state index in [4.69, 9.17) is 4.74 Å². The lowest BCUT2D eigenvalue weighted by Gasteiger charge is -2.49. The van der Waals surface area contributed by atoms with E-state index >= 15 is 4.39 Å². The van der Waals surface area contributed by atoms with Crippen molar-refractivity contribution in [2.24, 2.45) is 5.92 Å². The highest BCUT2D eigenvalue weighted by molar-refractivity contribution is 6.20. The van der Waals surface area contributed by atoms with Crippen LogP contribution >= 0.6 is 0 Å². The Morgan fingerprint density at radius 1 is 1.11 bits per heavy atom. The normalized spacial score (nSPS) is 23.4. The van der Waals surface area contributed by atoms with Gasteiger partial charge in [-0.2, -0.15) is 10.5 Å². The molecule has 1 aromatic heterocycles. The van der Waals surface area contributed by atoms with Crippen LogP contribution in [0.25, 0.3) is 10.8 Å². The summed E-state index contributed by atoms with van der Waals surface area (Å²) in [6.45, 7) is 0.103. The molecule has 3 amide bonds. The standard InChI is InChI=1S/C28H24FN5O3/c1-37-19-8-7-17(14-31)21(11-19)22-13-25-23(12-24(22)29)27(35)34(28(36)33(25)10-4-9-30)26-16-32-15-18-5-2-3-6-20(18)26/h2-3,5-8,11,15-16,22-25H,4,10,12-13H2,1H3. The SMILES string of the molecule is COc1ccc(C#N)c(C2CC3C(CC2F)C(=O)N(c2cncc4ccccc24)C(=O)N3CCC#N)c1. The Kier molecular flexibility index (Phi) is 6.45. The number of urea groups is 1. The van der Waals surface area contributed by atoms with Crippen molar-refractivity contribution < 1.29 is 18.7 Å². The summed E-state index contributed by atoms with van der Waals surface area (Å²) in [4.78, 5) is 34.4. The molecule has 1 saturated carbocycles. The average Bonchev–Trinajstić information content (AvgIpc) is 2.93. The lowest BCUT2D eigenvalue weighted by Crippen LogP contribution is -2.64. The number of rotatable bonds is 5. The largest absolute Gasteiger partial charge is 0.497 e. The minimum absolute atomic E-state index is 0.0666. The number of carbonyl (C=O) groups is 2. The van der Waals surface area contributed by atoms with Gasteiger partial charge >= 0.3 is 6.03 Å². The minimum atomic E-state index is -1.41. The first-order valence-corrected chi connectivity index (χ1v) is 12.0. The molecule has 0 bridgehead atoms. The molecule has 9 heteroatoms. The maximum Gasteiger partial charge on any atom is 0.331 e. The zero-order valence-electron chi connectivity index (χ0n) is 20.2. The predicted octanol–water partition coefficient (Wildman–Crippen LogP) is 4.70. The monoisotopic (exact) mass is 497 g/mol. The molecule has 2 fully saturated rings. The van der Waals surface area contributed by atoms with E-state index in [1.165, 1.54) is 18.2 Å². The molecule has 186 valence electrons. The Bertz CT molecular complexity index is 1460. The minimum Gasteiger partial charge on any atom is -0.497 e. The highest BCUT2D eigenvalue weighted by Crippen LogP contribution is 2.45. The number of halogens is 1. The van der Waals surface area contributed by atoms with Gasteiger partial charge in [0, 0.05) is 35.5 Å². The number of pyridine rings is 1. The van der Waals surface area contributed by atoms with Gasteiger partial charge in [0.25, 0.3) is 0 Å². The fraction of sp³-hybridized carbons (Fsp3) is 0.321. The number of nitriles is 2. The molecule has 2 aliphatic rings. The first-order valence-electron chi connectivity index (χ1n) is 12.0. The summed E-state index contributed by atoms with van der Waals surface area (Å²) in [5.74, 6) is -1.48. The van der Waals surface area contributed by atoms with Crippen molar-refractivity contribution >= 4 is 28.4 Å². The van der Waals surface area contributed by atoms with E-state index in [0.29, 0.717) is 28.0 Å². The van der Waals surface area contributed by atoms with Gasteiger partial charge in [-0.15, -0.1) is 0 Å². The summed E-state index contributed by atoms with van der Waals surface area (Å²) in [6.07, 6.45) is 1.81. The molecular formula is C28H24FN5O3. The molecule has 0 spiro atoms. The molecule has 37 heavy (non-hydrogen) atoms. The van der Waals surface area contributed by atoms with Gasteiger partial charge in [0.2, 0.25) is 5.91 Å². The lowest BCUT2D eigenvalue weighted by molar-refractivity contribution is -0.128. The molecule has 3 aromatic rings. The maximum absolute atomic E-state index is 15.8. The third-order valence-electron chi connectivity index (χ3n) is 7.38. The van der Waals surface area contributed by atoms with Crippen LogP contribution in [-0.2, 0) is 4.79 Å². The highest BCUT2D eigenvalue weighted by Gasteiger charge is 2.52.